The minimum atomic E-state index is -3.90. The van der Waals surface area contributed by atoms with Crippen molar-refractivity contribution in [3.05, 3.63) is 59.2 Å². The molecule has 1 heterocycles. The van der Waals surface area contributed by atoms with E-state index in [1.807, 2.05) is 0 Å². The van der Waals surface area contributed by atoms with Gasteiger partial charge in [-0.15, -0.1) is 0 Å². The van der Waals surface area contributed by atoms with Crippen molar-refractivity contribution in [3.8, 4) is 0 Å². The van der Waals surface area contributed by atoms with Crippen molar-refractivity contribution < 1.29 is 8.42 Å². The van der Waals surface area contributed by atoms with Gasteiger partial charge in [0, 0.05) is 15.9 Å². The Morgan fingerprint density at radius 1 is 0.957 bits per heavy atom. The molecule has 0 aliphatic heterocycles. The molecular formula is C15H9Cl4NO2S. The third kappa shape index (κ3) is 3.06. The average molecular weight is 409 g/mol. The molecule has 0 aliphatic carbocycles. The van der Waals surface area contributed by atoms with E-state index < -0.39 is 13.6 Å². The summed E-state index contributed by atoms with van der Waals surface area (Å²) in [5.41, 5.74) is 0.508. The number of hydrogen-bond donors (Lipinski definition) is 1. The van der Waals surface area contributed by atoms with Gasteiger partial charge in [-0.3, -0.25) is 0 Å². The second kappa shape index (κ2) is 5.87. The van der Waals surface area contributed by atoms with Crippen LogP contribution >= 0.6 is 46.4 Å². The van der Waals surface area contributed by atoms with Crippen LogP contribution in [0.4, 0.5) is 0 Å². The van der Waals surface area contributed by atoms with Crippen LogP contribution in [-0.4, -0.2) is 13.4 Å². The third-order valence-corrected chi connectivity index (χ3v) is 5.97. The van der Waals surface area contributed by atoms with Crippen LogP contribution in [0, 0.1) is 0 Å². The number of benzene rings is 2. The lowest BCUT2D eigenvalue weighted by Gasteiger charge is -2.13. The molecule has 0 aliphatic rings. The molecule has 0 radical (unpaired) electrons. The molecule has 0 saturated carbocycles. The van der Waals surface area contributed by atoms with Crippen LogP contribution < -0.4 is 0 Å². The standard InChI is InChI=1S/C15H9Cl4NO2S/c16-9-6-7-12-11(8-9)13(14(20-12)15(17,18)19)23(21,22)10-4-2-1-3-5-10/h1-8,20H. The molecule has 0 unspecified atom stereocenters. The minimum absolute atomic E-state index is 0.0105. The Kier molecular flexibility index (Phi) is 4.32. The molecule has 0 saturated heterocycles. The summed E-state index contributed by atoms with van der Waals surface area (Å²) in [4.78, 5) is 2.90. The van der Waals surface area contributed by atoms with E-state index in [0.717, 1.165) is 0 Å². The van der Waals surface area contributed by atoms with E-state index in [9.17, 15) is 8.42 Å². The molecule has 3 rings (SSSR count). The number of nitrogens with one attached hydrogen (secondary N) is 1. The van der Waals surface area contributed by atoms with Crippen molar-refractivity contribution in [3.63, 3.8) is 0 Å². The zero-order valence-corrected chi connectivity index (χ0v) is 15.2. The fourth-order valence-electron chi connectivity index (χ4n) is 2.34. The van der Waals surface area contributed by atoms with Gasteiger partial charge >= 0.3 is 0 Å². The summed E-state index contributed by atoms with van der Waals surface area (Å²) < 4.78 is 24.2. The van der Waals surface area contributed by atoms with E-state index >= 15 is 0 Å². The van der Waals surface area contributed by atoms with Crippen LogP contribution in [0.15, 0.2) is 58.3 Å². The van der Waals surface area contributed by atoms with E-state index in [-0.39, 0.29) is 15.5 Å². The summed E-state index contributed by atoms with van der Waals surface area (Å²) in [5.74, 6) is 0. The maximum absolute atomic E-state index is 13.0. The first kappa shape index (κ1) is 16.9. The van der Waals surface area contributed by atoms with E-state index in [4.69, 9.17) is 46.4 Å². The van der Waals surface area contributed by atoms with Crippen molar-refractivity contribution in [1.29, 1.82) is 0 Å². The molecule has 1 aromatic heterocycles. The molecule has 0 bridgehead atoms. The van der Waals surface area contributed by atoms with Crippen molar-refractivity contribution in [2.45, 2.75) is 13.6 Å². The molecule has 0 amide bonds. The molecule has 3 nitrogen and oxygen atoms in total. The molecule has 3 aromatic rings. The second-order valence-corrected chi connectivity index (χ2v) is 9.44. The zero-order chi connectivity index (χ0) is 16.8. The van der Waals surface area contributed by atoms with Crippen LogP contribution in [0.25, 0.3) is 10.9 Å². The lowest BCUT2D eigenvalue weighted by Crippen LogP contribution is -2.10. The number of fused-ring (bicyclic) bond motifs is 1. The molecule has 0 fully saturated rings. The lowest BCUT2D eigenvalue weighted by atomic mass is 10.2. The largest absolute Gasteiger partial charge is 0.354 e. The number of sulfone groups is 1. The number of halogens is 4. The number of aromatic nitrogens is 1. The summed E-state index contributed by atoms with van der Waals surface area (Å²) in [5, 5.41) is 0.763. The molecular weight excluding hydrogens is 400 g/mol. The number of rotatable bonds is 2. The van der Waals surface area contributed by atoms with Gasteiger partial charge in [0.15, 0.2) is 0 Å². The molecule has 1 N–H and O–H groups in total. The Hall–Kier alpha value is -0.910. The van der Waals surface area contributed by atoms with Crippen LogP contribution in [0.5, 0.6) is 0 Å². The summed E-state index contributed by atoms with van der Waals surface area (Å²) in [6.07, 6.45) is 0. The average Bonchev–Trinajstić information content (AvgIpc) is 2.87. The molecule has 2 aromatic carbocycles. The molecule has 120 valence electrons. The first-order valence-corrected chi connectivity index (χ1v) is 9.39. The van der Waals surface area contributed by atoms with E-state index in [0.29, 0.717) is 15.9 Å². The van der Waals surface area contributed by atoms with Gasteiger partial charge in [-0.1, -0.05) is 64.6 Å². The number of alkyl halides is 3. The lowest BCUT2D eigenvalue weighted by molar-refractivity contribution is 0.596. The van der Waals surface area contributed by atoms with Gasteiger partial charge in [-0.25, -0.2) is 8.42 Å². The van der Waals surface area contributed by atoms with E-state index in [1.54, 1.807) is 30.3 Å². The predicted octanol–water partition coefficient (Wildman–Crippen LogP) is 5.48. The Morgan fingerprint density at radius 3 is 2.22 bits per heavy atom. The second-order valence-electron chi connectivity index (χ2n) is 4.83. The fraction of sp³-hybridized carbons (Fsp3) is 0.0667. The highest BCUT2D eigenvalue weighted by Crippen LogP contribution is 2.45. The Bertz CT molecular complexity index is 976. The molecule has 8 heteroatoms. The number of H-pyrrole nitrogens is 1. The first-order chi connectivity index (χ1) is 10.7. The zero-order valence-electron chi connectivity index (χ0n) is 11.4. The van der Waals surface area contributed by atoms with Crippen LogP contribution in [0.2, 0.25) is 5.02 Å². The van der Waals surface area contributed by atoms with Crippen molar-refractivity contribution in [2.24, 2.45) is 0 Å². The van der Waals surface area contributed by atoms with Gasteiger partial charge in [0.25, 0.3) is 0 Å². The normalized spacial score (nSPS) is 12.7. The van der Waals surface area contributed by atoms with Crippen LogP contribution in [0.1, 0.15) is 5.69 Å². The Morgan fingerprint density at radius 2 is 1.61 bits per heavy atom. The number of aromatic amines is 1. The topological polar surface area (TPSA) is 49.9 Å². The number of hydrogen-bond acceptors (Lipinski definition) is 2. The molecule has 23 heavy (non-hydrogen) atoms. The third-order valence-electron chi connectivity index (χ3n) is 3.32. The van der Waals surface area contributed by atoms with E-state index in [2.05, 4.69) is 4.98 Å². The summed E-state index contributed by atoms with van der Waals surface area (Å²) >= 11 is 23.9. The smallest absolute Gasteiger partial charge is 0.231 e. The predicted molar refractivity (Wildman–Crippen MR) is 94.4 cm³/mol. The van der Waals surface area contributed by atoms with Crippen LogP contribution in [-0.2, 0) is 13.6 Å². The van der Waals surface area contributed by atoms with E-state index in [1.165, 1.54) is 18.2 Å². The highest BCUT2D eigenvalue weighted by molar-refractivity contribution is 7.91. The molecule has 0 spiro atoms. The van der Waals surface area contributed by atoms with Crippen molar-refractivity contribution in [2.75, 3.05) is 0 Å². The Labute approximate surface area is 153 Å². The van der Waals surface area contributed by atoms with Gasteiger partial charge in [-0.2, -0.15) is 0 Å². The molecule has 0 atom stereocenters. The minimum Gasteiger partial charge on any atom is -0.354 e. The van der Waals surface area contributed by atoms with Gasteiger partial charge in [-0.05, 0) is 30.3 Å². The van der Waals surface area contributed by atoms with Gasteiger partial charge in [0.05, 0.1) is 10.6 Å². The summed E-state index contributed by atoms with van der Waals surface area (Å²) in [6, 6.07) is 12.8. The highest BCUT2D eigenvalue weighted by atomic mass is 35.6. The maximum atomic E-state index is 13.0. The highest BCUT2D eigenvalue weighted by Gasteiger charge is 2.36. The van der Waals surface area contributed by atoms with Crippen molar-refractivity contribution in [1.82, 2.24) is 4.98 Å². The maximum Gasteiger partial charge on any atom is 0.231 e. The van der Waals surface area contributed by atoms with Gasteiger partial charge < -0.3 is 4.98 Å². The van der Waals surface area contributed by atoms with Gasteiger partial charge in [0.2, 0.25) is 13.6 Å². The fourth-order valence-corrected chi connectivity index (χ4v) is 4.78. The van der Waals surface area contributed by atoms with Crippen LogP contribution in [0.3, 0.4) is 0 Å². The summed E-state index contributed by atoms with van der Waals surface area (Å²) in [7, 11) is -3.90. The Balaban J connectivity index is 2.42. The van der Waals surface area contributed by atoms with Gasteiger partial charge in [0.1, 0.15) is 4.90 Å². The first-order valence-electron chi connectivity index (χ1n) is 6.40. The quantitative estimate of drug-likeness (QED) is 0.570. The summed E-state index contributed by atoms with van der Waals surface area (Å²) in [6.45, 7) is 0. The monoisotopic (exact) mass is 407 g/mol. The van der Waals surface area contributed by atoms with Crippen molar-refractivity contribution >= 4 is 67.1 Å². The SMILES string of the molecule is O=S(=O)(c1ccccc1)c1c(C(Cl)(Cl)Cl)[nH]c2ccc(Cl)cc12.